The molecule has 8 heteroatoms. The van der Waals surface area contributed by atoms with Gasteiger partial charge in [-0.1, -0.05) is 13.1 Å². The molecule has 0 N–H and O–H groups in total. The first kappa shape index (κ1) is 23.8. The molecule has 0 aliphatic carbocycles. The van der Waals surface area contributed by atoms with Gasteiger partial charge in [0.15, 0.2) is 0 Å². The maximum atomic E-state index is 13.2. The molecule has 3 heterocycles. The largest absolute Gasteiger partial charge is 0.510 e. The van der Waals surface area contributed by atoms with Crippen LogP contribution in [-0.2, 0) is 26.5 Å². The van der Waals surface area contributed by atoms with Crippen LogP contribution in [0.3, 0.4) is 0 Å². The van der Waals surface area contributed by atoms with Crippen LogP contribution in [0.15, 0.2) is 55.1 Å². The van der Waals surface area contributed by atoms with Crippen LogP contribution in [0.1, 0.15) is 13.0 Å². The number of nitrogens with zero attached hydrogens (tertiary/aromatic N) is 4. The van der Waals surface area contributed by atoms with Gasteiger partial charge in [-0.25, -0.2) is 4.39 Å². The second-order valence-electron chi connectivity index (χ2n) is 6.83. The van der Waals surface area contributed by atoms with Crippen molar-refractivity contribution in [3.63, 3.8) is 0 Å². The smallest absolute Gasteiger partial charge is 0.123 e. The topological polar surface area (TPSA) is 13.0 Å². The number of hydrogen-bond donors (Lipinski definition) is 0. The van der Waals surface area contributed by atoms with Gasteiger partial charge in [0.05, 0.1) is 0 Å². The van der Waals surface area contributed by atoms with Crippen LogP contribution in [0, 0.1) is 30.2 Å². The Bertz CT molecular complexity index is 944. The summed E-state index contributed by atoms with van der Waals surface area (Å²) in [6.45, 7) is 1.67. The van der Waals surface area contributed by atoms with E-state index in [9.17, 15) is 13.2 Å². The Morgan fingerprint density at radius 2 is 1.77 bits per heavy atom. The summed E-state index contributed by atoms with van der Waals surface area (Å²) in [5.41, 5.74) is 2.45. The Kier molecular flexibility index (Phi) is 7.61. The first-order chi connectivity index (χ1) is 13.4. The third-order valence-corrected chi connectivity index (χ3v) is 4.84. The van der Waals surface area contributed by atoms with E-state index >= 15 is 0 Å². The van der Waals surface area contributed by atoms with Crippen LogP contribution < -0.4 is 9.80 Å². The number of anilines is 2. The molecule has 0 saturated carbocycles. The van der Waals surface area contributed by atoms with Crippen molar-refractivity contribution in [1.29, 1.82) is 0 Å². The Morgan fingerprint density at radius 1 is 1.00 bits per heavy atom. The monoisotopic (exact) mass is 593 g/mol. The van der Waals surface area contributed by atoms with E-state index in [1.165, 1.54) is 11.0 Å². The molecule has 1 unspecified atom stereocenters. The van der Waals surface area contributed by atoms with Gasteiger partial charge in [-0.15, -0.1) is 12.1 Å². The van der Waals surface area contributed by atoms with Gasteiger partial charge < -0.3 is 19.6 Å². The van der Waals surface area contributed by atoms with Gasteiger partial charge in [0, 0.05) is 63.3 Å². The zero-order valence-electron chi connectivity index (χ0n) is 15.8. The molecule has 1 radical (unpaired) electrons. The summed E-state index contributed by atoms with van der Waals surface area (Å²) in [7, 11) is 3.86. The molecule has 0 fully saturated rings. The Hall–Kier alpha value is -2.44. The predicted molar refractivity (Wildman–Crippen MR) is 109 cm³/mol. The molecule has 4 nitrogen and oxygen atoms in total. The molecule has 0 spiro atoms. The maximum absolute atomic E-state index is 13.2. The first-order valence-electron chi connectivity index (χ1n) is 8.80. The van der Waals surface area contributed by atoms with Crippen molar-refractivity contribution >= 4 is 11.4 Å². The number of fused-ring (bicyclic) bond motifs is 3. The van der Waals surface area contributed by atoms with Crippen LogP contribution in [0.5, 0.6) is 0 Å². The normalized spacial score (nSPS) is 17.8. The van der Waals surface area contributed by atoms with E-state index in [0.29, 0.717) is 6.17 Å². The molecule has 163 valence electrons. The van der Waals surface area contributed by atoms with Crippen LogP contribution in [0.4, 0.5) is 24.5 Å². The SMILES string of the molecule is C.CN1C=CN(c2[c-]cc(F)cc2F)[CH-]1.CN1C=CN2c3ccc(F)cc3CC12.[Ir]. The second-order valence-corrected chi connectivity index (χ2v) is 6.83. The number of likely N-dealkylation sites (N-methyl/N-ethyl adjacent to an activating group) is 1. The van der Waals surface area contributed by atoms with Gasteiger partial charge in [-0.2, -0.15) is 12.7 Å². The minimum absolute atomic E-state index is 0. The van der Waals surface area contributed by atoms with Gasteiger partial charge >= 0.3 is 0 Å². The molecule has 2 aromatic rings. The molecule has 5 rings (SSSR count). The Morgan fingerprint density at radius 3 is 2.43 bits per heavy atom. The Labute approximate surface area is 189 Å². The average Bonchev–Trinajstić information content (AvgIpc) is 3.32. The first-order valence-corrected chi connectivity index (χ1v) is 8.80. The van der Waals surface area contributed by atoms with Crippen molar-refractivity contribution in [2.75, 3.05) is 23.9 Å². The Balaban J connectivity index is 0.000000200. The maximum Gasteiger partial charge on any atom is 0.123 e. The minimum atomic E-state index is -0.624. The van der Waals surface area contributed by atoms with Crippen molar-refractivity contribution in [2.45, 2.75) is 20.0 Å². The van der Waals surface area contributed by atoms with E-state index in [0.717, 1.165) is 29.8 Å². The number of halogens is 3. The molecule has 30 heavy (non-hydrogen) atoms. The molecule has 0 saturated heterocycles. The van der Waals surface area contributed by atoms with Crippen molar-refractivity contribution in [2.24, 2.45) is 0 Å². The summed E-state index contributed by atoms with van der Waals surface area (Å²) < 4.78 is 38.8. The molecule has 0 amide bonds. The number of rotatable bonds is 1. The summed E-state index contributed by atoms with van der Waals surface area (Å²) in [4.78, 5) is 7.64. The summed E-state index contributed by atoms with van der Waals surface area (Å²) in [5, 5.41) is 0. The molecule has 3 aliphatic heterocycles. The van der Waals surface area contributed by atoms with Gasteiger partial charge in [-0.05, 0) is 43.2 Å². The van der Waals surface area contributed by atoms with Crippen molar-refractivity contribution in [3.8, 4) is 0 Å². The fourth-order valence-corrected chi connectivity index (χ4v) is 3.44. The third kappa shape index (κ3) is 4.65. The number of benzene rings is 2. The van der Waals surface area contributed by atoms with Crippen molar-refractivity contribution in [3.05, 3.63) is 90.9 Å². The van der Waals surface area contributed by atoms with E-state index in [2.05, 4.69) is 28.3 Å². The van der Waals surface area contributed by atoms with Crippen molar-refractivity contribution < 1.29 is 33.3 Å². The predicted octanol–water partition coefficient (Wildman–Crippen LogP) is 4.67. The van der Waals surface area contributed by atoms with E-state index < -0.39 is 11.6 Å². The summed E-state index contributed by atoms with van der Waals surface area (Å²) in [6, 6.07) is 9.49. The summed E-state index contributed by atoms with van der Waals surface area (Å²) in [5.74, 6) is -1.39. The number of hydrogen-bond acceptors (Lipinski definition) is 4. The van der Waals surface area contributed by atoms with Gasteiger partial charge in [-0.3, -0.25) is 8.78 Å². The van der Waals surface area contributed by atoms with Crippen LogP contribution in [0.2, 0.25) is 0 Å². The van der Waals surface area contributed by atoms with E-state index in [1.807, 2.05) is 20.2 Å². The van der Waals surface area contributed by atoms with Crippen LogP contribution in [-0.4, -0.2) is 30.1 Å². The van der Waals surface area contributed by atoms with E-state index in [4.69, 9.17) is 0 Å². The zero-order chi connectivity index (χ0) is 19.8. The van der Waals surface area contributed by atoms with E-state index in [1.54, 1.807) is 30.0 Å². The summed E-state index contributed by atoms with van der Waals surface area (Å²) >= 11 is 0. The molecule has 3 aliphatic rings. The molecular formula is C22H23F3IrN4-2. The average molecular weight is 593 g/mol. The molecule has 0 bridgehead atoms. The van der Waals surface area contributed by atoms with Gasteiger partial charge in [0.1, 0.15) is 12.0 Å². The fraction of sp³-hybridized carbons (Fsp3) is 0.227. The van der Waals surface area contributed by atoms with Crippen LogP contribution >= 0.6 is 0 Å². The molecule has 0 aromatic heterocycles. The molecule has 2 aromatic carbocycles. The quantitative estimate of drug-likeness (QED) is 0.447. The molecule has 1 atom stereocenters. The van der Waals surface area contributed by atoms with Gasteiger partial charge in [0.25, 0.3) is 0 Å². The fourth-order valence-electron chi connectivity index (χ4n) is 3.44. The van der Waals surface area contributed by atoms with Crippen LogP contribution in [0.25, 0.3) is 0 Å². The molecular weight excluding hydrogens is 569 g/mol. The zero-order valence-corrected chi connectivity index (χ0v) is 18.2. The third-order valence-electron chi connectivity index (χ3n) is 4.84. The van der Waals surface area contributed by atoms with Crippen molar-refractivity contribution in [1.82, 2.24) is 9.80 Å². The standard InChI is InChI=1S/C11H11FN2.C10H8F2N2.CH4.Ir/c1-13-4-5-14-10-3-2-9(12)6-8(10)7-11(13)14;1-13-4-5-14(7-13)10-3-2-8(11)6-9(10)12;;/h2-6,11H,7H2,1H3;2,4-7H,1H3;1H4;/q;-2;;. The second kappa shape index (κ2) is 9.58. The van der Waals surface area contributed by atoms with Gasteiger partial charge in [0.2, 0.25) is 0 Å². The summed E-state index contributed by atoms with van der Waals surface area (Å²) in [6.07, 6.45) is 8.79. The minimum Gasteiger partial charge on any atom is -0.510 e. The van der Waals surface area contributed by atoms with E-state index in [-0.39, 0.29) is 39.0 Å².